The first-order chi connectivity index (χ1) is 13.0. The van der Waals surface area contributed by atoms with Gasteiger partial charge in [-0.05, 0) is 50.7 Å². The van der Waals surface area contributed by atoms with Gasteiger partial charge in [-0.2, -0.15) is 0 Å². The Labute approximate surface area is 167 Å². The van der Waals surface area contributed by atoms with E-state index in [4.69, 9.17) is 19.8 Å². The second-order valence-electron chi connectivity index (χ2n) is 9.05. The van der Waals surface area contributed by atoms with Crippen LogP contribution in [-0.4, -0.2) is 18.3 Å². The molecule has 2 heterocycles. The van der Waals surface area contributed by atoms with Gasteiger partial charge in [-0.25, -0.2) is 0 Å². The summed E-state index contributed by atoms with van der Waals surface area (Å²) in [7, 11) is -0.394. The molecule has 3 N–H and O–H groups in total. The Morgan fingerprint density at radius 1 is 0.929 bits per heavy atom. The highest BCUT2D eigenvalue weighted by molar-refractivity contribution is 6.62. The summed E-state index contributed by atoms with van der Waals surface area (Å²) >= 11 is 0. The van der Waals surface area contributed by atoms with E-state index < -0.39 is 13.0 Å². The first kappa shape index (κ1) is 19.3. The standard InChI is InChI=1S/C22H29BN2O3/c1-14(2)17-8-7-9-18-19(17)26-22(24,25-18)15-10-12-16(13-11-15)23-27-20(3,4)21(5,6)28-23/h7-14,25H,24H2,1-6H3. The van der Waals surface area contributed by atoms with Gasteiger partial charge < -0.3 is 19.4 Å². The Morgan fingerprint density at radius 3 is 2.11 bits per heavy atom. The lowest BCUT2D eigenvalue weighted by Crippen LogP contribution is -2.47. The summed E-state index contributed by atoms with van der Waals surface area (Å²) < 4.78 is 18.5. The van der Waals surface area contributed by atoms with E-state index in [1.54, 1.807) is 0 Å². The second-order valence-corrected chi connectivity index (χ2v) is 9.05. The zero-order valence-electron chi connectivity index (χ0n) is 17.5. The van der Waals surface area contributed by atoms with Gasteiger partial charge in [0.15, 0.2) is 5.75 Å². The molecule has 1 unspecified atom stereocenters. The number of ether oxygens (including phenoxy) is 1. The van der Waals surface area contributed by atoms with Crippen LogP contribution in [0.1, 0.15) is 58.6 Å². The number of fused-ring (bicyclic) bond motifs is 1. The third-order valence-corrected chi connectivity index (χ3v) is 6.12. The van der Waals surface area contributed by atoms with Gasteiger partial charge in [0.1, 0.15) is 0 Å². The molecule has 5 nitrogen and oxygen atoms in total. The highest BCUT2D eigenvalue weighted by Gasteiger charge is 2.51. The summed E-state index contributed by atoms with van der Waals surface area (Å²) in [5, 5.41) is 3.33. The number of nitrogens with one attached hydrogen (secondary N) is 1. The number of para-hydroxylation sites is 1. The maximum absolute atomic E-state index is 6.59. The number of anilines is 1. The molecule has 148 valence electrons. The van der Waals surface area contributed by atoms with Crippen LogP contribution in [0.15, 0.2) is 42.5 Å². The zero-order valence-corrected chi connectivity index (χ0v) is 17.5. The number of nitrogens with two attached hydrogens (primary N) is 1. The summed E-state index contributed by atoms with van der Waals surface area (Å²) in [6.07, 6.45) is 0. The number of hydrogen-bond acceptors (Lipinski definition) is 5. The zero-order chi connectivity index (χ0) is 20.3. The average molecular weight is 380 g/mol. The van der Waals surface area contributed by atoms with Gasteiger partial charge in [0.2, 0.25) is 0 Å². The molecular formula is C22H29BN2O3. The molecule has 0 saturated carbocycles. The minimum Gasteiger partial charge on any atom is -0.448 e. The Kier molecular flexibility index (Phi) is 4.30. The van der Waals surface area contributed by atoms with Gasteiger partial charge in [-0.3, -0.25) is 5.73 Å². The first-order valence-corrected chi connectivity index (χ1v) is 9.87. The van der Waals surface area contributed by atoms with Crippen LogP contribution in [0.2, 0.25) is 0 Å². The monoisotopic (exact) mass is 380 g/mol. The summed E-state index contributed by atoms with van der Waals surface area (Å²) in [6, 6.07) is 14.0. The fraction of sp³-hybridized carbons (Fsp3) is 0.455. The lowest BCUT2D eigenvalue weighted by molar-refractivity contribution is 0.00578. The number of benzene rings is 2. The SMILES string of the molecule is CC(C)c1cccc2c1OC(N)(c1ccc(B3OC(C)(C)C(C)(C)O3)cc1)N2. The molecule has 0 spiro atoms. The molecule has 1 saturated heterocycles. The minimum atomic E-state index is -1.10. The van der Waals surface area contributed by atoms with Crippen molar-refractivity contribution in [1.29, 1.82) is 0 Å². The minimum absolute atomic E-state index is 0.352. The van der Waals surface area contributed by atoms with Crippen LogP contribution >= 0.6 is 0 Å². The van der Waals surface area contributed by atoms with Crippen molar-refractivity contribution in [1.82, 2.24) is 0 Å². The highest BCUT2D eigenvalue weighted by atomic mass is 16.7. The van der Waals surface area contributed by atoms with Crippen LogP contribution in [-0.2, 0) is 15.2 Å². The molecule has 2 aromatic carbocycles. The molecule has 0 aliphatic carbocycles. The summed E-state index contributed by atoms with van der Waals surface area (Å²) in [5.41, 5.74) is 9.74. The van der Waals surface area contributed by atoms with Crippen LogP contribution in [0.3, 0.4) is 0 Å². The quantitative estimate of drug-likeness (QED) is 0.796. The van der Waals surface area contributed by atoms with Crippen molar-refractivity contribution in [3.63, 3.8) is 0 Å². The van der Waals surface area contributed by atoms with Crippen molar-refractivity contribution < 1.29 is 14.0 Å². The molecular weight excluding hydrogens is 351 g/mol. The molecule has 1 fully saturated rings. The van der Waals surface area contributed by atoms with Crippen molar-refractivity contribution in [3.05, 3.63) is 53.6 Å². The molecule has 0 radical (unpaired) electrons. The second kappa shape index (κ2) is 6.24. The summed E-state index contributed by atoms with van der Waals surface area (Å²) in [6.45, 7) is 12.5. The Morgan fingerprint density at radius 2 is 1.54 bits per heavy atom. The molecule has 1 atom stereocenters. The van der Waals surface area contributed by atoms with Gasteiger partial charge in [0, 0.05) is 5.56 Å². The van der Waals surface area contributed by atoms with Crippen molar-refractivity contribution >= 4 is 18.3 Å². The molecule has 0 aromatic heterocycles. The maximum Gasteiger partial charge on any atom is 0.494 e. The molecule has 2 aliphatic heterocycles. The topological polar surface area (TPSA) is 65.7 Å². The van der Waals surface area contributed by atoms with Gasteiger partial charge in [0.25, 0.3) is 5.85 Å². The Balaban J connectivity index is 1.58. The number of hydrogen-bond donors (Lipinski definition) is 2. The van der Waals surface area contributed by atoms with Gasteiger partial charge >= 0.3 is 7.12 Å². The van der Waals surface area contributed by atoms with E-state index in [-0.39, 0.29) is 11.2 Å². The lowest BCUT2D eigenvalue weighted by Gasteiger charge is -2.32. The Bertz CT molecular complexity index is 879. The molecule has 4 rings (SSSR count). The largest absolute Gasteiger partial charge is 0.494 e. The highest BCUT2D eigenvalue weighted by Crippen LogP contribution is 2.43. The predicted molar refractivity (Wildman–Crippen MR) is 113 cm³/mol. The molecule has 6 heteroatoms. The Hall–Kier alpha value is -2.02. The van der Waals surface area contributed by atoms with Crippen molar-refractivity contribution in [2.24, 2.45) is 5.73 Å². The van der Waals surface area contributed by atoms with Crippen molar-refractivity contribution in [2.45, 2.75) is 64.5 Å². The summed E-state index contributed by atoms with van der Waals surface area (Å²) in [4.78, 5) is 0. The number of rotatable bonds is 3. The van der Waals surface area contributed by atoms with E-state index in [0.29, 0.717) is 5.92 Å². The van der Waals surface area contributed by atoms with Crippen LogP contribution in [0, 0.1) is 0 Å². The van der Waals surface area contributed by atoms with Gasteiger partial charge in [0.05, 0.1) is 16.9 Å². The lowest BCUT2D eigenvalue weighted by atomic mass is 9.78. The molecule has 0 amide bonds. The van der Waals surface area contributed by atoms with E-state index in [0.717, 1.165) is 28.0 Å². The van der Waals surface area contributed by atoms with Crippen molar-refractivity contribution in [3.8, 4) is 5.75 Å². The normalized spacial score (nSPS) is 24.8. The average Bonchev–Trinajstić information content (AvgIpc) is 3.08. The smallest absolute Gasteiger partial charge is 0.448 e. The molecule has 2 aliphatic rings. The van der Waals surface area contributed by atoms with Crippen LogP contribution in [0.4, 0.5) is 5.69 Å². The third kappa shape index (κ3) is 3.00. The van der Waals surface area contributed by atoms with E-state index in [2.05, 4.69) is 52.9 Å². The van der Waals surface area contributed by atoms with Crippen LogP contribution in [0.5, 0.6) is 5.75 Å². The maximum atomic E-state index is 6.59. The fourth-order valence-electron chi connectivity index (χ4n) is 3.61. The predicted octanol–water partition coefficient (Wildman–Crippen LogP) is 3.68. The first-order valence-electron chi connectivity index (χ1n) is 9.87. The van der Waals surface area contributed by atoms with E-state index in [9.17, 15) is 0 Å². The third-order valence-electron chi connectivity index (χ3n) is 6.12. The fourth-order valence-corrected chi connectivity index (χ4v) is 3.61. The molecule has 0 bridgehead atoms. The van der Waals surface area contributed by atoms with E-state index in [1.807, 2.05) is 36.4 Å². The summed E-state index contributed by atoms with van der Waals surface area (Å²) in [5.74, 6) is 0.0850. The van der Waals surface area contributed by atoms with Crippen molar-refractivity contribution in [2.75, 3.05) is 5.32 Å². The molecule has 28 heavy (non-hydrogen) atoms. The van der Waals surface area contributed by atoms with E-state index in [1.165, 1.54) is 0 Å². The van der Waals surface area contributed by atoms with E-state index >= 15 is 0 Å². The van der Waals surface area contributed by atoms with Gasteiger partial charge in [-0.15, -0.1) is 0 Å². The molecule has 2 aromatic rings. The van der Waals surface area contributed by atoms with Crippen LogP contribution < -0.4 is 21.3 Å². The van der Waals surface area contributed by atoms with Crippen LogP contribution in [0.25, 0.3) is 0 Å². The van der Waals surface area contributed by atoms with Gasteiger partial charge in [-0.1, -0.05) is 50.2 Å².